The zero-order chi connectivity index (χ0) is 19.5. The number of nitrogens with zero attached hydrogens (tertiary/aromatic N) is 4. The molecule has 1 aromatic heterocycles. The lowest BCUT2D eigenvalue weighted by atomic mass is 10.1. The number of ether oxygens (including phenoxy) is 1. The van der Waals surface area contributed by atoms with Crippen LogP contribution in [-0.2, 0) is 4.74 Å². The highest BCUT2D eigenvalue weighted by molar-refractivity contribution is 5.99. The molecule has 148 valence electrons. The van der Waals surface area contributed by atoms with Crippen molar-refractivity contribution in [2.45, 2.75) is 13.0 Å². The molecule has 2 aliphatic rings. The molecule has 0 aliphatic carbocycles. The minimum Gasteiger partial charge on any atom is -0.378 e. The van der Waals surface area contributed by atoms with Crippen molar-refractivity contribution in [1.82, 2.24) is 9.88 Å². The SMILES string of the molecule is CC1CN(c2ccccc2F)CCN1C(=O)c1cccnc1N1CCOCC1. The second-order valence-corrected chi connectivity index (χ2v) is 7.22. The van der Waals surface area contributed by atoms with E-state index < -0.39 is 0 Å². The third-order valence-corrected chi connectivity index (χ3v) is 5.41. The Balaban J connectivity index is 1.51. The fourth-order valence-corrected chi connectivity index (χ4v) is 3.93. The first-order valence-electron chi connectivity index (χ1n) is 9.73. The summed E-state index contributed by atoms with van der Waals surface area (Å²) in [5, 5.41) is 0. The number of rotatable bonds is 3. The molecule has 0 bridgehead atoms. The lowest BCUT2D eigenvalue weighted by molar-refractivity contribution is 0.0673. The topological polar surface area (TPSA) is 48.9 Å². The van der Waals surface area contributed by atoms with Gasteiger partial charge in [0.1, 0.15) is 11.6 Å². The van der Waals surface area contributed by atoms with Gasteiger partial charge in [-0.2, -0.15) is 0 Å². The van der Waals surface area contributed by atoms with Crippen molar-refractivity contribution in [3.8, 4) is 0 Å². The highest BCUT2D eigenvalue weighted by atomic mass is 19.1. The number of carbonyl (C=O) groups is 1. The number of halogens is 1. The normalized spacial score (nSPS) is 20.4. The monoisotopic (exact) mass is 384 g/mol. The molecule has 1 aromatic carbocycles. The molecule has 2 saturated heterocycles. The van der Waals surface area contributed by atoms with Crippen LogP contribution >= 0.6 is 0 Å². The van der Waals surface area contributed by atoms with Gasteiger partial charge in [-0.05, 0) is 31.2 Å². The molecule has 0 saturated carbocycles. The van der Waals surface area contributed by atoms with Crippen LogP contribution in [0.15, 0.2) is 42.6 Å². The van der Waals surface area contributed by atoms with Crippen LogP contribution < -0.4 is 9.80 Å². The van der Waals surface area contributed by atoms with Gasteiger partial charge in [-0.1, -0.05) is 12.1 Å². The summed E-state index contributed by atoms with van der Waals surface area (Å²) >= 11 is 0. The highest BCUT2D eigenvalue weighted by Crippen LogP contribution is 2.25. The molecule has 7 heteroatoms. The first-order chi connectivity index (χ1) is 13.6. The van der Waals surface area contributed by atoms with Gasteiger partial charge in [0, 0.05) is 45.0 Å². The number of aromatic nitrogens is 1. The molecule has 0 N–H and O–H groups in total. The van der Waals surface area contributed by atoms with Gasteiger partial charge in [0.05, 0.1) is 24.5 Å². The van der Waals surface area contributed by atoms with E-state index in [-0.39, 0.29) is 17.8 Å². The maximum Gasteiger partial charge on any atom is 0.257 e. The fraction of sp³-hybridized carbons (Fsp3) is 0.429. The third-order valence-electron chi connectivity index (χ3n) is 5.41. The van der Waals surface area contributed by atoms with Crippen LogP contribution in [0.4, 0.5) is 15.9 Å². The summed E-state index contributed by atoms with van der Waals surface area (Å²) in [6, 6.07) is 10.4. The van der Waals surface area contributed by atoms with Crippen LogP contribution in [0.25, 0.3) is 0 Å². The molecule has 3 heterocycles. The Hall–Kier alpha value is -2.67. The van der Waals surface area contributed by atoms with E-state index in [1.807, 2.05) is 28.9 Å². The Labute approximate surface area is 164 Å². The molecule has 4 rings (SSSR count). The Morgan fingerprint density at radius 1 is 1.07 bits per heavy atom. The van der Waals surface area contributed by atoms with Gasteiger partial charge < -0.3 is 19.4 Å². The minimum atomic E-state index is -0.226. The summed E-state index contributed by atoms with van der Waals surface area (Å²) in [6.45, 7) is 6.50. The smallest absolute Gasteiger partial charge is 0.257 e. The van der Waals surface area contributed by atoms with E-state index in [1.165, 1.54) is 6.07 Å². The van der Waals surface area contributed by atoms with E-state index in [9.17, 15) is 9.18 Å². The summed E-state index contributed by atoms with van der Waals surface area (Å²) in [5.41, 5.74) is 1.22. The van der Waals surface area contributed by atoms with Gasteiger partial charge in [0.2, 0.25) is 0 Å². The molecule has 0 spiro atoms. The second kappa shape index (κ2) is 8.14. The maximum atomic E-state index is 14.1. The van der Waals surface area contributed by atoms with Crippen LogP contribution in [0, 0.1) is 5.82 Å². The van der Waals surface area contributed by atoms with Crippen LogP contribution in [0.1, 0.15) is 17.3 Å². The van der Waals surface area contributed by atoms with E-state index >= 15 is 0 Å². The Kier molecular flexibility index (Phi) is 5.43. The number of hydrogen-bond donors (Lipinski definition) is 0. The molecule has 2 fully saturated rings. The van der Waals surface area contributed by atoms with Crippen molar-refractivity contribution < 1.29 is 13.9 Å². The van der Waals surface area contributed by atoms with E-state index in [4.69, 9.17) is 4.74 Å². The molecule has 1 amide bonds. The molecule has 2 aromatic rings. The first-order valence-corrected chi connectivity index (χ1v) is 9.73. The molecular formula is C21H25FN4O2. The van der Waals surface area contributed by atoms with Gasteiger partial charge in [0.25, 0.3) is 5.91 Å². The average Bonchev–Trinajstić information content (AvgIpc) is 2.74. The minimum absolute atomic E-state index is 0.0183. The quantitative estimate of drug-likeness (QED) is 0.813. The number of piperazine rings is 1. The molecule has 6 nitrogen and oxygen atoms in total. The predicted molar refractivity (Wildman–Crippen MR) is 106 cm³/mol. The third kappa shape index (κ3) is 3.67. The zero-order valence-corrected chi connectivity index (χ0v) is 16.1. The molecule has 1 unspecified atom stereocenters. The predicted octanol–water partition coefficient (Wildman–Crippen LogP) is 2.41. The Morgan fingerprint density at radius 3 is 2.61 bits per heavy atom. The Bertz CT molecular complexity index is 841. The lowest BCUT2D eigenvalue weighted by Crippen LogP contribution is -2.54. The fourth-order valence-electron chi connectivity index (χ4n) is 3.93. The molecule has 2 aliphatic heterocycles. The number of carbonyl (C=O) groups excluding carboxylic acids is 1. The van der Waals surface area contributed by atoms with E-state index in [1.54, 1.807) is 24.4 Å². The number of pyridine rings is 1. The van der Waals surface area contributed by atoms with Crippen molar-refractivity contribution in [2.75, 3.05) is 55.7 Å². The van der Waals surface area contributed by atoms with Gasteiger partial charge in [-0.3, -0.25) is 4.79 Å². The van der Waals surface area contributed by atoms with E-state index in [0.717, 1.165) is 18.9 Å². The average molecular weight is 384 g/mol. The first kappa shape index (κ1) is 18.7. The standard InChI is InChI=1S/C21H25FN4O2/c1-16-15-25(19-7-3-2-6-18(19)22)9-10-26(16)21(27)17-5-4-8-23-20(17)24-11-13-28-14-12-24/h2-8,16H,9-15H2,1H3. The van der Waals surface area contributed by atoms with E-state index in [2.05, 4.69) is 9.88 Å². The number of anilines is 2. The van der Waals surface area contributed by atoms with E-state index in [0.29, 0.717) is 44.1 Å². The van der Waals surface area contributed by atoms with Gasteiger partial charge >= 0.3 is 0 Å². The van der Waals surface area contributed by atoms with Crippen molar-refractivity contribution in [3.63, 3.8) is 0 Å². The number of hydrogen-bond acceptors (Lipinski definition) is 5. The van der Waals surface area contributed by atoms with Crippen molar-refractivity contribution in [1.29, 1.82) is 0 Å². The molecule has 0 radical (unpaired) electrons. The number of benzene rings is 1. The molecule has 28 heavy (non-hydrogen) atoms. The summed E-state index contributed by atoms with van der Waals surface area (Å²) in [6.07, 6.45) is 1.72. The maximum absolute atomic E-state index is 14.1. The summed E-state index contributed by atoms with van der Waals surface area (Å²) in [4.78, 5) is 23.8. The summed E-state index contributed by atoms with van der Waals surface area (Å²) < 4.78 is 19.6. The lowest BCUT2D eigenvalue weighted by Gasteiger charge is -2.41. The van der Waals surface area contributed by atoms with Crippen LogP contribution in [0.2, 0.25) is 0 Å². The number of para-hydroxylation sites is 1. The molecule has 1 atom stereocenters. The van der Waals surface area contributed by atoms with Crippen LogP contribution in [0.3, 0.4) is 0 Å². The van der Waals surface area contributed by atoms with Gasteiger partial charge in [0.15, 0.2) is 0 Å². The largest absolute Gasteiger partial charge is 0.378 e. The second-order valence-electron chi connectivity index (χ2n) is 7.22. The molecular weight excluding hydrogens is 359 g/mol. The number of morpholine rings is 1. The highest BCUT2D eigenvalue weighted by Gasteiger charge is 2.31. The van der Waals surface area contributed by atoms with Gasteiger partial charge in [-0.15, -0.1) is 0 Å². The summed E-state index contributed by atoms with van der Waals surface area (Å²) in [7, 11) is 0. The van der Waals surface area contributed by atoms with Crippen LogP contribution in [0.5, 0.6) is 0 Å². The van der Waals surface area contributed by atoms with Gasteiger partial charge in [-0.25, -0.2) is 9.37 Å². The zero-order valence-electron chi connectivity index (χ0n) is 16.1. The van der Waals surface area contributed by atoms with Crippen molar-refractivity contribution in [3.05, 3.63) is 54.0 Å². The summed E-state index contributed by atoms with van der Waals surface area (Å²) in [5.74, 6) is 0.478. The Morgan fingerprint density at radius 2 is 1.86 bits per heavy atom. The van der Waals surface area contributed by atoms with Crippen molar-refractivity contribution >= 4 is 17.4 Å². The van der Waals surface area contributed by atoms with Crippen LogP contribution in [-0.4, -0.2) is 67.8 Å². The number of amides is 1. The van der Waals surface area contributed by atoms with Crippen molar-refractivity contribution in [2.24, 2.45) is 0 Å².